The van der Waals surface area contributed by atoms with Crippen LogP contribution >= 0.6 is 0 Å². The first kappa shape index (κ1) is 12.1. The van der Waals surface area contributed by atoms with E-state index in [0.29, 0.717) is 5.92 Å². The van der Waals surface area contributed by atoms with Gasteiger partial charge in [-0.05, 0) is 37.4 Å². The van der Waals surface area contributed by atoms with Crippen LogP contribution in [-0.2, 0) is 0 Å². The van der Waals surface area contributed by atoms with Crippen molar-refractivity contribution in [1.29, 1.82) is 0 Å². The average molecular weight is 232 g/mol. The largest absolute Gasteiger partial charge is 0.348 e. The molecule has 0 radical (unpaired) electrons. The third-order valence-corrected chi connectivity index (χ3v) is 3.53. The number of carbonyl (C=O) groups is 1. The standard InChI is InChI=1S/C14H20N2O/c1-10-5-3-4-6-12(10)14(17)16-13-9-15-8-7-11(13)2/h3-6,11,13,15H,7-9H2,1-2H3,(H,16,17). The molecule has 1 aliphatic rings. The number of amides is 1. The molecule has 2 unspecified atom stereocenters. The molecule has 3 nitrogen and oxygen atoms in total. The minimum absolute atomic E-state index is 0.0450. The van der Waals surface area contributed by atoms with Gasteiger partial charge in [-0.25, -0.2) is 0 Å². The van der Waals surface area contributed by atoms with E-state index < -0.39 is 0 Å². The minimum Gasteiger partial charge on any atom is -0.348 e. The third-order valence-electron chi connectivity index (χ3n) is 3.53. The molecule has 0 spiro atoms. The molecule has 1 aromatic rings. The zero-order chi connectivity index (χ0) is 12.3. The van der Waals surface area contributed by atoms with Crippen LogP contribution in [-0.4, -0.2) is 25.0 Å². The van der Waals surface area contributed by atoms with Crippen molar-refractivity contribution in [1.82, 2.24) is 10.6 Å². The molecule has 0 aliphatic carbocycles. The summed E-state index contributed by atoms with van der Waals surface area (Å²) >= 11 is 0. The topological polar surface area (TPSA) is 41.1 Å². The summed E-state index contributed by atoms with van der Waals surface area (Å²) in [6.07, 6.45) is 1.12. The van der Waals surface area contributed by atoms with Crippen molar-refractivity contribution in [2.45, 2.75) is 26.3 Å². The van der Waals surface area contributed by atoms with Crippen molar-refractivity contribution >= 4 is 5.91 Å². The second-order valence-electron chi connectivity index (χ2n) is 4.86. The van der Waals surface area contributed by atoms with Crippen LogP contribution < -0.4 is 10.6 Å². The Morgan fingerprint density at radius 1 is 1.41 bits per heavy atom. The molecule has 0 saturated carbocycles. The lowest BCUT2D eigenvalue weighted by atomic mass is 9.94. The van der Waals surface area contributed by atoms with Gasteiger partial charge in [0.05, 0.1) is 0 Å². The zero-order valence-corrected chi connectivity index (χ0v) is 10.5. The van der Waals surface area contributed by atoms with Crippen LogP contribution in [0.3, 0.4) is 0 Å². The first-order chi connectivity index (χ1) is 8.18. The van der Waals surface area contributed by atoms with Crippen LogP contribution in [0.2, 0.25) is 0 Å². The molecule has 3 heteroatoms. The van der Waals surface area contributed by atoms with Crippen molar-refractivity contribution < 1.29 is 4.79 Å². The molecule has 1 amide bonds. The number of carbonyl (C=O) groups excluding carboxylic acids is 1. The van der Waals surface area contributed by atoms with Gasteiger partial charge in [0.15, 0.2) is 0 Å². The molecule has 1 heterocycles. The zero-order valence-electron chi connectivity index (χ0n) is 10.5. The molecule has 2 atom stereocenters. The van der Waals surface area contributed by atoms with E-state index >= 15 is 0 Å². The summed E-state index contributed by atoms with van der Waals surface area (Å²) < 4.78 is 0. The Labute approximate surface area is 103 Å². The third kappa shape index (κ3) is 2.86. The van der Waals surface area contributed by atoms with Gasteiger partial charge in [-0.1, -0.05) is 25.1 Å². The average Bonchev–Trinajstić information content (AvgIpc) is 2.32. The summed E-state index contributed by atoms with van der Waals surface area (Å²) in [5, 5.41) is 6.45. The molecule has 0 aromatic heterocycles. The summed E-state index contributed by atoms with van der Waals surface area (Å²) in [6, 6.07) is 7.96. The van der Waals surface area contributed by atoms with Crippen LogP contribution in [0, 0.1) is 12.8 Å². The van der Waals surface area contributed by atoms with Gasteiger partial charge in [0.1, 0.15) is 0 Å². The van der Waals surface area contributed by atoms with E-state index in [-0.39, 0.29) is 11.9 Å². The summed E-state index contributed by atoms with van der Waals surface area (Å²) in [7, 11) is 0. The quantitative estimate of drug-likeness (QED) is 0.815. The normalized spacial score (nSPS) is 24.4. The second-order valence-corrected chi connectivity index (χ2v) is 4.86. The highest BCUT2D eigenvalue weighted by Gasteiger charge is 2.23. The van der Waals surface area contributed by atoms with E-state index in [1.165, 1.54) is 0 Å². The number of benzene rings is 1. The molecule has 1 aromatic carbocycles. The van der Waals surface area contributed by atoms with Gasteiger partial charge < -0.3 is 10.6 Å². The Kier molecular flexibility index (Phi) is 3.79. The van der Waals surface area contributed by atoms with Crippen molar-refractivity contribution in [3.8, 4) is 0 Å². The summed E-state index contributed by atoms with van der Waals surface area (Å²) in [4.78, 5) is 12.1. The highest BCUT2D eigenvalue weighted by molar-refractivity contribution is 5.95. The molecular weight excluding hydrogens is 212 g/mol. The molecule has 17 heavy (non-hydrogen) atoms. The predicted molar refractivity (Wildman–Crippen MR) is 69.1 cm³/mol. The van der Waals surface area contributed by atoms with Gasteiger partial charge in [-0.15, -0.1) is 0 Å². The fraction of sp³-hybridized carbons (Fsp3) is 0.500. The fourth-order valence-corrected chi connectivity index (χ4v) is 2.26. The van der Waals surface area contributed by atoms with Gasteiger partial charge in [0, 0.05) is 18.2 Å². The number of hydrogen-bond donors (Lipinski definition) is 2. The summed E-state index contributed by atoms with van der Waals surface area (Å²) in [5.74, 6) is 0.591. The molecule has 1 aliphatic heterocycles. The molecule has 92 valence electrons. The molecule has 1 fully saturated rings. The number of nitrogens with one attached hydrogen (secondary N) is 2. The van der Waals surface area contributed by atoms with E-state index in [1.54, 1.807) is 0 Å². The highest BCUT2D eigenvalue weighted by atomic mass is 16.1. The maximum atomic E-state index is 12.1. The summed E-state index contributed by atoms with van der Waals surface area (Å²) in [5.41, 5.74) is 1.81. The maximum absolute atomic E-state index is 12.1. The second kappa shape index (κ2) is 5.32. The van der Waals surface area contributed by atoms with Crippen LogP contribution in [0.4, 0.5) is 0 Å². The first-order valence-corrected chi connectivity index (χ1v) is 6.25. The molecule has 2 rings (SSSR count). The van der Waals surface area contributed by atoms with Crippen molar-refractivity contribution in [3.63, 3.8) is 0 Å². The Hall–Kier alpha value is -1.35. The van der Waals surface area contributed by atoms with Crippen molar-refractivity contribution in [2.24, 2.45) is 5.92 Å². The first-order valence-electron chi connectivity index (χ1n) is 6.25. The lowest BCUT2D eigenvalue weighted by Gasteiger charge is -2.30. The molecule has 1 saturated heterocycles. The summed E-state index contributed by atoms with van der Waals surface area (Å²) in [6.45, 7) is 6.10. The van der Waals surface area contributed by atoms with Crippen molar-refractivity contribution in [3.05, 3.63) is 35.4 Å². The SMILES string of the molecule is Cc1ccccc1C(=O)NC1CNCCC1C. The Morgan fingerprint density at radius 3 is 2.88 bits per heavy atom. The van der Waals surface area contributed by atoms with Crippen molar-refractivity contribution in [2.75, 3.05) is 13.1 Å². The Balaban J connectivity index is 2.04. The van der Waals surface area contributed by atoms with Crippen LogP contribution in [0.1, 0.15) is 29.3 Å². The van der Waals surface area contributed by atoms with Gasteiger partial charge in [0.25, 0.3) is 5.91 Å². The number of rotatable bonds is 2. The number of hydrogen-bond acceptors (Lipinski definition) is 2. The highest BCUT2D eigenvalue weighted by Crippen LogP contribution is 2.13. The van der Waals surface area contributed by atoms with Crippen LogP contribution in [0.25, 0.3) is 0 Å². The molecule has 0 bridgehead atoms. The monoisotopic (exact) mass is 232 g/mol. The minimum atomic E-state index is 0.0450. The Morgan fingerprint density at radius 2 is 2.18 bits per heavy atom. The van der Waals surface area contributed by atoms with E-state index in [1.807, 2.05) is 31.2 Å². The predicted octanol–water partition coefficient (Wildman–Crippen LogP) is 1.72. The number of piperidine rings is 1. The maximum Gasteiger partial charge on any atom is 0.251 e. The fourth-order valence-electron chi connectivity index (χ4n) is 2.26. The lowest BCUT2D eigenvalue weighted by molar-refractivity contribution is 0.0914. The van der Waals surface area contributed by atoms with E-state index in [0.717, 1.165) is 30.6 Å². The molecular formula is C14H20N2O. The van der Waals surface area contributed by atoms with Gasteiger partial charge >= 0.3 is 0 Å². The van der Waals surface area contributed by atoms with Gasteiger partial charge in [0.2, 0.25) is 0 Å². The van der Waals surface area contributed by atoms with Crippen LogP contribution in [0.15, 0.2) is 24.3 Å². The van der Waals surface area contributed by atoms with Gasteiger partial charge in [-0.2, -0.15) is 0 Å². The van der Waals surface area contributed by atoms with E-state index in [2.05, 4.69) is 17.6 Å². The molecule has 2 N–H and O–H groups in total. The smallest absolute Gasteiger partial charge is 0.251 e. The van der Waals surface area contributed by atoms with E-state index in [9.17, 15) is 4.79 Å². The van der Waals surface area contributed by atoms with Crippen LogP contribution in [0.5, 0.6) is 0 Å². The Bertz CT molecular complexity index is 403. The lowest BCUT2D eigenvalue weighted by Crippen LogP contribution is -2.50. The van der Waals surface area contributed by atoms with E-state index in [4.69, 9.17) is 0 Å². The number of aryl methyl sites for hydroxylation is 1. The van der Waals surface area contributed by atoms with Gasteiger partial charge in [-0.3, -0.25) is 4.79 Å².